The number of alkyl halides is 3. The predicted octanol–water partition coefficient (Wildman–Crippen LogP) is 2.71. The summed E-state index contributed by atoms with van der Waals surface area (Å²) in [6.07, 6.45) is -3.52. The third-order valence-electron chi connectivity index (χ3n) is 2.58. The number of carboxylic acids is 1. The molecule has 0 radical (unpaired) electrons. The molecular formula is C13H8F3NO5S. The van der Waals surface area contributed by atoms with E-state index in [1.165, 1.54) is 18.2 Å². The molecule has 10 heteroatoms. The van der Waals surface area contributed by atoms with Gasteiger partial charge in [0.25, 0.3) is 11.1 Å². The zero-order valence-corrected chi connectivity index (χ0v) is 12.0. The Hall–Kier alpha value is -2.49. The van der Waals surface area contributed by atoms with Gasteiger partial charge in [0.2, 0.25) is 0 Å². The minimum Gasteiger partial charge on any atom is -0.480 e. The van der Waals surface area contributed by atoms with Gasteiger partial charge in [-0.05, 0) is 35.5 Å². The van der Waals surface area contributed by atoms with Gasteiger partial charge in [0.05, 0.1) is 4.91 Å². The quantitative estimate of drug-likeness (QED) is 0.843. The van der Waals surface area contributed by atoms with Crippen molar-refractivity contribution in [2.45, 2.75) is 6.36 Å². The number of carbonyl (C=O) groups excluding carboxylic acids is 2. The van der Waals surface area contributed by atoms with Crippen LogP contribution in [0.4, 0.5) is 18.0 Å². The normalized spacial score (nSPS) is 17.0. The number of carboxylic acid groups (broad SMARTS) is 1. The highest BCUT2D eigenvalue weighted by Crippen LogP contribution is 2.32. The van der Waals surface area contributed by atoms with Crippen LogP contribution < -0.4 is 4.74 Å². The Labute approximate surface area is 131 Å². The lowest BCUT2D eigenvalue weighted by molar-refractivity contribution is -0.274. The van der Waals surface area contributed by atoms with Gasteiger partial charge in [-0.15, -0.1) is 13.2 Å². The number of carbonyl (C=O) groups is 3. The third-order valence-corrected chi connectivity index (χ3v) is 3.49. The van der Waals surface area contributed by atoms with Crippen LogP contribution in [-0.4, -0.2) is 40.0 Å². The van der Waals surface area contributed by atoms with Crippen molar-refractivity contribution in [1.82, 2.24) is 4.90 Å². The molecule has 1 aliphatic rings. The van der Waals surface area contributed by atoms with Gasteiger partial charge in [-0.25, -0.2) is 0 Å². The van der Waals surface area contributed by atoms with Crippen molar-refractivity contribution < 1.29 is 37.4 Å². The van der Waals surface area contributed by atoms with Crippen molar-refractivity contribution in [2.75, 3.05) is 6.54 Å². The highest BCUT2D eigenvalue weighted by Gasteiger charge is 2.36. The number of imide groups is 1. The standard InChI is InChI=1S/C13H8F3NO5S/c14-13(15,16)22-8-3-1-7(2-4-8)5-9-11(20)17(6-10(18)19)12(21)23-9/h1-5H,6H2,(H,18,19)/b9-5+. The molecule has 122 valence electrons. The Balaban J connectivity index is 2.14. The van der Waals surface area contributed by atoms with E-state index < -0.39 is 35.8 Å². The molecule has 0 saturated carbocycles. The maximum Gasteiger partial charge on any atom is 0.573 e. The molecule has 1 N–H and O–H groups in total. The number of rotatable bonds is 4. The molecule has 0 bridgehead atoms. The van der Waals surface area contributed by atoms with Crippen LogP contribution in [0.3, 0.4) is 0 Å². The van der Waals surface area contributed by atoms with Gasteiger partial charge in [-0.2, -0.15) is 0 Å². The molecule has 2 amide bonds. The van der Waals surface area contributed by atoms with E-state index in [0.717, 1.165) is 12.1 Å². The highest BCUT2D eigenvalue weighted by molar-refractivity contribution is 8.18. The molecule has 23 heavy (non-hydrogen) atoms. The lowest BCUT2D eigenvalue weighted by atomic mass is 10.2. The lowest BCUT2D eigenvalue weighted by Gasteiger charge is -2.08. The average Bonchev–Trinajstić information content (AvgIpc) is 2.67. The second kappa shape index (κ2) is 6.32. The number of thioether (sulfide) groups is 1. The van der Waals surface area contributed by atoms with Gasteiger partial charge in [0.1, 0.15) is 12.3 Å². The van der Waals surface area contributed by atoms with E-state index in [9.17, 15) is 27.6 Å². The Morgan fingerprint density at radius 2 is 1.87 bits per heavy atom. The molecule has 1 aromatic rings. The van der Waals surface area contributed by atoms with Gasteiger partial charge in [0, 0.05) is 0 Å². The Kier molecular flexibility index (Phi) is 4.64. The fraction of sp³-hybridized carbons (Fsp3) is 0.154. The fourth-order valence-corrected chi connectivity index (χ4v) is 2.53. The molecule has 1 aliphatic heterocycles. The number of benzene rings is 1. The molecular weight excluding hydrogens is 339 g/mol. The summed E-state index contributed by atoms with van der Waals surface area (Å²) in [5.74, 6) is -2.52. The molecule has 1 heterocycles. The van der Waals surface area contributed by atoms with E-state index >= 15 is 0 Å². The molecule has 0 aliphatic carbocycles. The summed E-state index contributed by atoms with van der Waals surface area (Å²) in [6.45, 7) is -0.750. The largest absolute Gasteiger partial charge is 0.573 e. The molecule has 0 unspecified atom stereocenters. The smallest absolute Gasteiger partial charge is 0.480 e. The van der Waals surface area contributed by atoms with E-state index in [-0.39, 0.29) is 4.91 Å². The number of nitrogens with zero attached hydrogens (tertiary/aromatic N) is 1. The second-order valence-electron chi connectivity index (χ2n) is 4.28. The van der Waals surface area contributed by atoms with Crippen LogP contribution in [0.1, 0.15) is 5.56 Å². The first-order valence-electron chi connectivity index (χ1n) is 5.99. The number of amides is 2. The SMILES string of the molecule is O=C(O)CN1C(=O)S/C(=C/c2ccc(OC(F)(F)F)cc2)C1=O. The molecule has 0 atom stereocenters. The summed E-state index contributed by atoms with van der Waals surface area (Å²) in [5.41, 5.74) is 0.361. The van der Waals surface area contributed by atoms with E-state index in [1.807, 2.05) is 0 Å². The minimum atomic E-state index is -4.80. The Morgan fingerprint density at radius 3 is 2.39 bits per heavy atom. The number of aliphatic carboxylic acids is 1. The number of halogens is 3. The zero-order chi connectivity index (χ0) is 17.2. The molecule has 0 aromatic heterocycles. The van der Waals surface area contributed by atoms with Crippen molar-refractivity contribution in [2.24, 2.45) is 0 Å². The van der Waals surface area contributed by atoms with Gasteiger partial charge < -0.3 is 9.84 Å². The van der Waals surface area contributed by atoms with Crippen molar-refractivity contribution in [3.63, 3.8) is 0 Å². The van der Waals surface area contributed by atoms with Crippen molar-refractivity contribution in [1.29, 1.82) is 0 Å². The van der Waals surface area contributed by atoms with E-state index in [1.54, 1.807) is 0 Å². The van der Waals surface area contributed by atoms with Crippen LogP contribution in [-0.2, 0) is 9.59 Å². The summed E-state index contributed by atoms with van der Waals surface area (Å²) < 4.78 is 39.8. The summed E-state index contributed by atoms with van der Waals surface area (Å²) >= 11 is 0.557. The monoisotopic (exact) mass is 347 g/mol. The number of ether oxygens (including phenoxy) is 1. The van der Waals surface area contributed by atoms with Crippen molar-refractivity contribution >= 4 is 35.0 Å². The van der Waals surface area contributed by atoms with E-state index in [4.69, 9.17) is 5.11 Å². The predicted molar refractivity (Wildman–Crippen MR) is 73.4 cm³/mol. The molecule has 6 nitrogen and oxygen atoms in total. The first-order valence-corrected chi connectivity index (χ1v) is 6.80. The van der Waals surface area contributed by atoms with Gasteiger partial charge >= 0.3 is 12.3 Å². The van der Waals surface area contributed by atoms with E-state index in [0.29, 0.717) is 22.2 Å². The highest BCUT2D eigenvalue weighted by atomic mass is 32.2. The van der Waals surface area contributed by atoms with Crippen molar-refractivity contribution in [3.8, 4) is 5.75 Å². The summed E-state index contributed by atoms with van der Waals surface area (Å²) in [5, 5.41) is 7.91. The molecule has 1 saturated heterocycles. The van der Waals surface area contributed by atoms with Crippen LogP contribution in [0.2, 0.25) is 0 Å². The number of hydrogen-bond donors (Lipinski definition) is 1. The molecule has 1 fully saturated rings. The maximum atomic E-state index is 12.0. The molecule has 0 spiro atoms. The third kappa shape index (κ3) is 4.49. The Morgan fingerprint density at radius 1 is 1.26 bits per heavy atom. The van der Waals surface area contributed by atoms with Crippen LogP contribution >= 0.6 is 11.8 Å². The summed E-state index contributed by atoms with van der Waals surface area (Å²) in [4.78, 5) is 34.6. The topological polar surface area (TPSA) is 83.9 Å². The first kappa shape index (κ1) is 16.9. The summed E-state index contributed by atoms with van der Waals surface area (Å²) in [7, 11) is 0. The van der Waals surface area contributed by atoms with Gasteiger partial charge in [0.15, 0.2) is 0 Å². The summed E-state index contributed by atoms with van der Waals surface area (Å²) in [6, 6.07) is 4.65. The number of hydrogen-bond acceptors (Lipinski definition) is 5. The second-order valence-corrected chi connectivity index (χ2v) is 5.27. The van der Waals surface area contributed by atoms with Crippen molar-refractivity contribution in [3.05, 3.63) is 34.7 Å². The first-order chi connectivity index (χ1) is 10.7. The average molecular weight is 347 g/mol. The van der Waals surface area contributed by atoms with Crippen LogP contribution in [0.15, 0.2) is 29.2 Å². The van der Waals surface area contributed by atoms with Gasteiger partial charge in [-0.3, -0.25) is 19.3 Å². The fourth-order valence-electron chi connectivity index (χ4n) is 1.69. The van der Waals surface area contributed by atoms with E-state index in [2.05, 4.69) is 4.74 Å². The maximum absolute atomic E-state index is 12.0. The molecule has 1 aromatic carbocycles. The minimum absolute atomic E-state index is 0.0132. The van der Waals surface area contributed by atoms with Crippen LogP contribution in [0, 0.1) is 0 Å². The van der Waals surface area contributed by atoms with Gasteiger partial charge in [-0.1, -0.05) is 12.1 Å². The Bertz CT molecular complexity index is 684. The molecule has 2 rings (SSSR count). The van der Waals surface area contributed by atoms with Crippen LogP contribution in [0.5, 0.6) is 5.75 Å². The zero-order valence-electron chi connectivity index (χ0n) is 11.2. The van der Waals surface area contributed by atoms with Crippen LogP contribution in [0.25, 0.3) is 6.08 Å². The lowest BCUT2D eigenvalue weighted by Crippen LogP contribution is -2.33.